The summed E-state index contributed by atoms with van der Waals surface area (Å²) in [5.74, 6) is 6.16. The van der Waals surface area contributed by atoms with Crippen LogP contribution in [-0.4, -0.2) is 50.7 Å². The number of fused-ring (bicyclic) bond motifs is 1. The van der Waals surface area contributed by atoms with E-state index in [0.717, 1.165) is 12.8 Å². The second-order valence-electron chi connectivity index (χ2n) is 10.4. The zero-order chi connectivity index (χ0) is 28.2. The minimum atomic E-state index is -0.620. The number of alkyl carbamates (subject to hydrolysis) is 1. The van der Waals surface area contributed by atoms with Crippen LogP contribution in [0.15, 0.2) is 41.5 Å². The summed E-state index contributed by atoms with van der Waals surface area (Å²) in [6, 6.07) is 10.8. The molecule has 1 fully saturated rings. The fourth-order valence-corrected chi connectivity index (χ4v) is 4.74. The Hall–Kier alpha value is -4.57. The SMILES string of the molecule is CC#CCn1c(N2CCCC(NC(=O)OC(C)(C)C)C2)c(C#N)c2ncn(CC(=O)c3ccccc3)c(=O)c21. The first-order valence-corrected chi connectivity index (χ1v) is 12.9. The number of nitriles is 1. The summed E-state index contributed by atoms with van der Waals surface area (Å²) in [7, 11) is 0. The van der Waals surface area contributed by atoms with E-state index in [4.69, 9.17) is 4.74 Å². The number of nitrogens with one attached hydrogen (secondary N) is 1. The van der Waals surface area contributed by atoms with Crippen LogP contribution in [0.4, 0.5) is 10.6 Å². The summed E-state index contributed by atoms with van der Waals surface area (Å²) in [4.78, 5) is 45.4. The van der Waals surface area contributed by atoms with Gasteiger partial charge in [0.1, 0.15) is 34.1 Å². The van der Waals surface area contributed by atoms with Gasteiger partial charge in [-0.3, -0.25) is 14.2 Å². The molecule has 1 aromatic carbocycles. The second kappa shape index (κ2) is 11.4. The number of aromatic nitrogens is 3. The van der Waals surface area contributed by atoms with Gasteiger partial charge in [-0.2, -0.15) is 5.26 Å². The van der Waals surface area contributed by atoms with Crippen LogP contribution in [0.1, 0.15) is 56.5 Å². The van der Waals surface area contributed by atoms with Crippen molar-refractivity contribution in [3.05, 3.63) is 58.1 Å². The number of carbonyl (C=O) groups is 2. The molecule has 0 spiro atoms. The molecule has 1 unspecified atom stereocenters. The number of piperidine rings is 1. The largest absolute Gasteiger partial charge is 0.444 e. The monoisotopic (exact) mass is 528 g/mol. The Morgan fingerprint density at radius 1 is 1.23 bits per heavy atom. The molecule has 1 amide bonds. The molecule has 4 rings (SSSR count). The first-order chi connectivity index (χ1) is 18.6. The Labute approximate surface area is 227 Å². The number of carbonyl (C=O) groups excluding carboxylic acids is 2. The number of hydrogen-bond donors (Lipinski definition) is 1. The van der Waals surface area contributed by atoms with Crippen molar-refractivity contribution in [3.63, 3.8) is 0 Å². The van der Waals surface area contributed by atoms with Crippen LogP contribution in [0.3, 0.4) is 0 Å². The fraction of sp³-hybridized carbons (Fsp3) is 0.414. The highest BCUT2D eigenvalue weighted by Gasteiger charge is 2.30. The van der Waals surface area contributed by atoms with Gasteiger partial charge in [-0.25, -0.2) is 9.78 Å². The lowest BCUT2D eigenvalue weighted by atomic mass is 10.1. The van der Waals surface area contributed by atoms with Crippen molar-refractivity contribution in [1.29, 1.82) is 5.26 Å². The highest BCUT2D eigenvalue weighted by molar-refractivity contribution is 5.96. The smallest absolute Gasteiger partial charge is 0.407 e. The molecule has 0 saturated carbocycles. The lowest BCUT2D eigenvalue weighted by Gasteiger charge is -2.35. The standard InChI is InChI=1S/C29H32N6O4/c1-5-6-15-35-25-24(31-19-34(27(25)37)18-23(36)20-11-8-7-9-12-20)22(16-30)26(35)33-14-10-13-21(17-33)32-28(38)39-29(2,3)4/h7-9,11-12,19,21H,10,13-15,17-18H2,1-4H3,(H,32,38). The van der Waals surface area contributed by atoms with E-state index < -0.39 is 17.3 Å². The van der Waals surface area contributed by atoms with Gasteiger partial charge >= 0.3 is 6.09 Å². The van der Waals surface area contributed by atoms with Gasteiger partial charge in [0.2, 0.25) is 0 Å². The lowest BCUT2D eigenvalue weighted by molar-refractivity contribution is 0.0499. The van der Waals surface area contributed by atoms with Crippen molar-refractivity contribution in [3.8, 4) is 17.9 Å². The summed E-state index contributed by atoms with van der Waals surface area (Å²) in [5, 5.41) is 13.1. The quantitative estimate of drug-likeness (QED) is 0.384. The molecule has 1 aliphatic rings. The van der Waals surface area contributed by atoms with E-state index >= 15 is 0 Å². The number of ketones is 1. The van der Waals surface area contributed by atoms with Crippen LogP contribution in [0.25, 0.3) is 11.0 Å². The molecule has 0 aliphatic carbocycles. The molecule has 3 heterocycles. The first kappa shape index (κ1) is 27.5. The van der Waals surface area contributed by atoms with E-state index in [1.54, 1.807) is 56.5 Å². The Bertz CT molecular complexity index is 1550. The van der Waals surface area contributed by atoms with E-state index in [-0.39, 0.29) is 41.5 Å². The maximum Gasteiger partial charge on any atom is 0.407 e. The summed E-state index contributed by atoms with van der Waals surface area (Å²) < 4.78 is 8.39. The zero-order valence-corrected chi connectivity index (χ0v) is 22.7. The average molecular weight is 529 g/mol. The highest BCUT2D eigenvalue weighted by atomic mass is 16.6. The molecule has 202 valence electrons. The van der Waals surface area contributed by atoms with Gasteiger partial charge in [-0.05, 0) is 40.5 Å². The van der Waals surface area contributed by atoms with Gasteiger partial charge in [0.25, 0.3) is 5.56 Å². The molecule has 1 atom stereocenters. The molecule has 2 aromatic heterocycles. The molecular weight excluding hydrogens is 496 g/mol. The molecule has 1 saturated heterocycles. The summed E-state index contributed by atoms with van der Waals surface area (Å²) in [6.45, 7) is 8.14. The normalized spacial score (nSPS) is 15.3. The number of anilines is 1. The predicted molar refractivity (Wildman–Crippen MR) is 148 cm³/mol. The van der Waals surface area contributed by atoms with Crippen molar-refractivity contribution in [1.82, 2.24) is 19.4 Å². The van der Waals surface area contributed by atoms with E-state index in [0.29, 0.717) is 24.5 Å². The molecule has 1 aliphatic heterocycles. The van der Waals surface area contributed by atoms with Crippen molar-refractivity contribution >= 4 is 28.7 Å². The number of amides is 1. The third-order valence-electron chi connectivity index (χ3n) is 6.38. The molecule has 10 nitrogen and oxygen atoms in total. The Morgan fingerprint density at radius 2 is 1.97 bits per heavy atom. The van der Waals surface area contributed by atoms with Gasteiger partial charge in [-0.1, -0.05) is 36.3 Å². The minimum absolute atomic E-state index is 0.165. The maximum atomic E-state index is 13.7. The minimum Gasteiger partial charge on any atom is -0.444 e. The molecule has 10 heteroatoms. The van der Waals surface area contributed by atoms with Gasteiger partial charge < -0.3 is 19.5 Å². The lowest BCUT2D eigenvalue weighted by Crippen LogP contribution is -2.49. The number of ether oxygens (including phenoxy) is 1. The molecule has 1 N–H and O–H groups in total. The van der Waals surface area contributed by atoms with Crippen molar-refractivity contribution in [2.45, 2.75) is 65.3 Å². The molecule has 0 radical (unpaired) electrons. The summed E-state index contributed by atoms with van der Waals surface area (Å²) in [5.41, 5.74) is 0.193. The van der Waals surface area contributed by atoms with E-state index in [2.05, 4.69) is 28.2 Å². The first-order valence-electron chi connectivity index (χ1n) is 12.9. The third-order valence-corrected chi connectivity index (χ3v) is 6.38. The van der Waals surface area contributed by atoms with Crippen molar-refractivity contribution < 1.29 is 14.3 Å². The van der Waals surface area contributed by atoms with Gasteiger partial charge in [-0.15, -0.1) is 5.92 Å². The zero-order valence-electron chi connectivity index (χ0n) is 22.7. The summed E-state index contributed by atoms with van der Waals surface area (Å²) in [6.07, 6.45) is 2.32. The number of benzene rings is 1. The number of nitrogens with zero attached hydrogens (tertiary/aromatic N) is 5. The topological polar surface area (TPSA) is 122 Å². The van der Waals surface area contributed by atoms with Gasteiger partial charge in [0, 0.05) is 24.7 Å². The predicted octanol–water partition coefficient (Wildman–Crippen LogP) is 3.47. The van der Waals surface area contributed by atoms with E-state index in [9.17, 15) is 19.6 Å². The third kappa shape index (κ3) is 6.12. The number of Topliss-reactive ketones (excluding diaryl/α,β-unsaturated/α-hetero) is 1. The van der Waals surface area contributed by atoms with Crippen LogP contribution in [0.2, 0.25) is 0 Å². The fourth-order valence-electron chi connectivity index (χ4n) is 4.74. The Morgan fingerprint density at radius 3 is 2.64 bits per heavy atom. The van der Waals surface area contributed by atoms with E-state index in [1.165, 1.54) is 10.9 Å². The summed E-state index contributed by atoms with van der Waals surface area (Å²) >= 11 is 0. The van der Waals surface area contributed by atoms with Crippen LogP contribution in [-0.2, 0) is 17.8 Å². The van der Waals surface area contributed by atoms with Crippen molar-refractivity contribution in [2.75, 3.05) is 18.0 Å². The molecule has 3 aromatic rings. The second-order valence-corrected chi connectivity index (χ2v) is 10.4. The van der Waals surface area contributed by atoms with Gasteiger partial charge in [0.05, 0.1) is 19.4 Å². The molecule has 0 bridgehead atoms. The van der Waals surface area contributed by atoms with Crippen LogP contribution in [0, 0.1) is 23.2 Å². The Balaban J connectivity index is 1.73. The van der Waals surface area contributed by atoms with Crippen LogP contribution in [0.5, 0.6) is 0 Å². The van der Waals surface area contributed by atoms with Crippen LogP contribution >= 0.6 is 0 Å². The van der Waals surface area contributed by atoms with Crippen molar-refractivity contribution in [2.24, 2.45) is 0 Å². The highest BCUT2D eigenvalue weighted by Crippen LogP contribution is 2.31. The molecular formula is C29H32N6O4. The van der Waals surface area contributed by atoms with Gasteiger partial charge in [0.15, 0.2) is 5.78 Å². The number of rotatable bonds is 6. The van der Waals surface area contributed by atoms with E-state index in [1.807, 2.05) is 11.0 Å². The Kier molecular flexibility index (Phi) is 8.06. The van der Waals surface area contributed by atoms with Crippen LogP contribution < -0.4 is 15.8 Å². The maximum absolute atomic E-state index is 13.7. The number of hydrogen-bond acceptors (Lipinski definition) is 7. The average Bonchev–Trinajstić information content (AvgIpc) is 3.22. The molecule has 39 heavy (non-hydrogen) atoms.